The van der Waals surface area contributed by atoms with E-state index in [4.69, 9.17) is 21.2 Å². The molecule has 0 amide bonds. The first-order chi connectivity index (χ1) is 21.1. The first kappa shape index (κ1) is 15.5. The van der Waals surface area contributed by atoms with Gasteiger partial charge >= 0.3 is 0 Å². The minimum absolute atomic E-state index is 0.112. The smallest absolute Gasteiger partial charge is 0.208 e. The maximum absolute atomic E-state index is 8.64. The van der Waals surface area contributed by atoms with Crippen LogP contribution >= 0.6 is 11.6 Å². The van der Waals surface area contributed by atoms with Crippen molar-refractivity contribution in [3.05, 3.63) is 126 Å². The number of rotatable bonds is 3. The SMILES string of the molecule is [2H]c1c([2H])c([2H])c2c(-c3nc(Cl)nc(-c4ccc5cc(-c6cccc7ccccc67)ccc5c4)n3)c([2H])c([2H])c([2H])c2c1[2H]. The third-order valence-corrected chi connectivity index (χ3v) is 6.51. The second-order valence-electron chi connectivity index (χ2n) is 8.56. The Balaban J connectivity index is 1.38. The molecule has 0 aliphatic carbocycles. The van der Waals surface area contributed by atoms with Crippen molar-refractivity contribution in [3.8, 4) is 33.9 Å². The van der Waals surface area contributed by atoms with Gasteiger partial charge in [0.15, 0.2) is 11.6 Å². The van der Waals surface area contributed by atoms with Gasteiger partial charge in [-0.05, 0) is 67.2 Å². The number of hydrogen-bond acceptors (Lipinski definition) is 3. The van der Waals surface area contributed by atoms with Crippen LogP contribution in [-0.4, -0.2) is 15.0 Å². The fourth-order valence-electron chi connectivity index (χ4n) is 4.60. The van der Waals surface area contributed by atoms with Crippen LogP contribution in [0.3, 0.4) is 0 Å². The van der Waals surface area contributed by atoms with Gasteiger partial charge in [-0.2, -0.15) is 9.97 Å². The predicted octanol–water partition coefficient (Wildman–Crippen LogP) is 8.99. The van der Waals surface area contributed by atoms with Crippen LogP contribution in [0.25, 0.3) is 66.2 Å². The zero-order valence-corrected chi connectivity index (χ0v) is 20.0. The lowest BCUT2D eigenvalue weighted by Gasteiger charge is -2.10. The summed E-state index contributed by atoms with van der Waals surface area (Å²) in [6, 6.07) is 23.0. The van der Waals surface area contributed by atoms with Gasteiger partial charge in [0, 0.05) is 11.1 Å². The minimum Gasteiger partial charge on any atom is -0.208 e. The number of benzene rings is 6. The summed E-state index contributed by atoms with van der Waals surface area (Å²) in [7, 11) is 0. The van der Waals surface area contributed by atoms with E-state index in [-0.39, 0.29) is 33.3 Å². The Morgan fingerprint density at radius 3 is 2.16 bits per heavy atom. The Kier molecular flexibility index (Phi) is 3.69. The van der Waals surface area contributed by atoms with Crippen LogP contribution < -0.4 is 0 Å². The molecule has 174 valence electrons. The van der Waals surface area contributed by atoms with Crippen molar-refractivity contribution in [3.63, 3.8) is 0 Å². The monoisotopic (exact) mass is 500 g/mol. The Morgan fingerprint density at radius 1 is 0.514 bits per heavy atom. The molecule has 0 saturated carbocycles. The highest BCUT2D eigenvalue weighted by atomic mass is 35.5. The number of hydrogen-bond donors (Lipinski definition) is 0. The lowest BCUT2D eigenvalue weighted by Crippen LogP contribution is -1.97. The fourth-order valence-corrected chi connectivity index (χ4v) is 4.76. The van der Waals surface area contributed by atoms with Gasteiger partial charge in [0.05, 0.1) is 9.60 Å². The van der Waals surface area contributed by atoms with E-state index in [9.17, 15) is 0 Å². The largest absolute Gasteiger partial charge is 0.226 e. The van der Waals surface area contributed by atoms with Gasteiger partial charge in [-0.15, -0.1) is 0 Å². The second kappa shape index (κ2) is 8.81. The van der Waals surface area contributed by atoms with E-state index < -0.39 is 42.3 Å². The molecule has 0 aliphatic rings. The average Bonchev–Trinajstić information content (AvgIpc) is 3.04. The molecule has 0 bridgehead atoms. The fraction of sp³-hybridized carbons (Fsp3) is 0. The lowest BCUT2D eigenvalue weighted by molar-refractivity contribution is 1.07. The molecular weight excluding hydrogens is 474 g/mol. The topological polar surface area (TPSA) is 38.7 Å². The van der Waals surface area contributed by atoms with Crippen molar-refractivity contribution >= 4 is 43.9 Å². The summed E-state index contributed by atoms with van der Waals surface area (Å²) in [4.78, 5) is 13.1. The van der Waals surface area contributed by atoms with Crippen LogP contribution in [0.1, 0.15) is 9.60 Å². The zero-order chi connectivity index (χ0) is 30.9. The van der Waals surface area contributed by atoms with Crippen LogP contribution in [0.15, 0.2) is 121 Å². The van der Waals surface area contributed by atoms with Crippen molar-refractivity contribution in [2.45, 2.75) is 0 Å². The van der Waals surface area contributed by atoms with E-state index in [1.165, 1.54) is 5.39 Å². The third-order valence-electron chi connectivity index (χ3n) is 6.34. The van der Waals surface area contributed by atoms with Crippen molar-refractivity contribution in [1.29, 1.82) is 0 Å². The molecule has 7 aromatic rings. The summed E-state index contributed by atoms with van der Waals surface area (Å²) in [6.45, 7) is 0. The maximum atomic E-state index is 8.64. The molecule has 4 heteroatoms. The van der Waals surface area contributed by atoms with Crippen molar-refractivity contribution in [1.82, 2.24) is 15.0 Å². The number of fused-ring (bicyclic) bond motifs is 3. The molecule has 37 heavy (non-hydrogen) atoms. The Morgan fingerprint density at radius 2 is 1.24 bits per heavy atom. The third kappa shape index (κ3) is 3.90. The van der Waals surface area contributed by atoms with Gasteiger partial charge in [0.25, 0.3) is 0 Å². The van der Waals surface area contributed by atoms with E-state index in [2.05, 4.69) is 51.4 Å². The molecule has 3 nitrogen and oxygen atoms in total. The number of halogens is 1. The summed E-state index contributed by atoms with van der Waals surface area (Å²) < 4.78 is 58.5. The van der Waals surface area contributed by atoms with E-state index in [0.717, 1.165) is 27.3 Å². The van der Waals surface area contributed by atoms with Crippen LogP contribution in [0.2, 0.25) is 5.28 Å². The molecule has 1 aromatic heterocycles. The van der Waals surface area contributed by atoms with Gasteiger partial charge in [-0.25, -0.2) is 4.98 Å². The summed E-state index contributed by atoms with van der Waals surface area (Å²) in [5.41, 5.74) is 2.71. The van der Waals surface area contributed by atoms with Crippen LogP contribution in [0, 0.1) is 0 Å². The molecule has 0 radical (unpaired) electrons. The van der Waals surface area contributed by atoms with Crippen molar-refractivity contribution in [2.24, 2.45) is 0 Å². The molecule has 0 aliphatic heterocycles. The molecular formula is C33H20ClN3. The molecule has 0 fully saturated rings. The van der Waals surface area contributed by atoms with Gasteiger partial charge in [-0.3, -0.25) is 0 Å². The first-order valence-corrected chi connectivity index (χ1v) is 12.0. The normalized spacial score (nSPS) is 14.0. The Labute approximate surface area is 228 Å². The van der Waals surface area contributed by atoms with Gasteiger partial charge in [-0.1, -0.05) is 109 Å². The number of nitrogens with zero attached hydrogens (tertiary/aromatic N) is 3. The van der Waals surface area contributed by atoms with Crippen molar-refractivity contribution < 1.29 is 9.60 Å². The van der Waals surface area contributed by atoms with E-state index in [0.29, 0.717) is 5.56 Å². The van der Waals surface area contributed by atoms with Crippen molar-refractivity contribution in [2.75, 3.05) is 0 Å². The summed E-state index contributed by atoms with van der Waals surface area (Å²) in [6.07, 6.45) is 0. The average molecular weight is 501 g/mol. The summed E-state index contributed by atoms with van der Waals surface area (Å²) in [5, 5.41) is 3.77. The predicted molar refractivity (Wildman–Crippen MR) is 154 cm³/mol. The summed E-state index contributed by atoms with van der Waals surface area (Å²) in [5.74, 6) is 0.0647. The summed E-state index contributed by atoms with van der Waals surface area (Å²) >= 11 is 6.35. The standard InChI is InChI=1S/C33H20ClN3/c34-33-36-31(35-32(37-33)30-14-6-10-22-8-2-4-12-28(22)30)26-18-16-23-19-25(17-15-24(23)20-26)29-13-5-9-21-7-1-3-11-27(21)29/h1-20H/i2D,4D,6D,8D,10D,12D,14D. The molecule has 0 saturated heterocycles. The minimum atomic E-state index is -0.534. The van der Waals surface area contributed by atoms with Crippen LogP contribution in [0.5, 0.6) is 0 Å². The zero-order valence-electron chi connectivity index (χ0n) is 26.2. The molecule has 7 rings (SSSR count). The molecule has 1 heterocycles. The quantitative estimate of drug-likeness (QED) is 0.243. The highest BCUT2D eigenvalue weighted by Crippen LogP contribution is 2.33. The van der Waals surface area contributed by atoms with E-state index in [1.54, 1.807) is 0 Å². The first-order valence-electron chi connectivity index (χ1n) is 15.1. The molecule has 0 N–H and O–H groups in total. The maximum Gasteiger partial charge on any atom is 0.226 e. The van der Waals surface area contributed by atoms with Crippen LogP contribution in [0.4, 0.5) is 0 Å². The molecule has 0 unspecified atom stereocenters. The Bertz CT molecular complexity index is 2330. The molecule has 6 aromatic carbocycles. The van der Waals surface area contributed by atoms with Gasteiger partial charge in [0.2, 0.25) is 5.28 Å². The second-order valence-corrected chi connectivity index (χ2v) is 8.89. The number of aromatic nitrogens is 3. The van der Waals surface area contributed by atoms with Gasteiger partial charge < -0.3 is 0 Å². The molecule has 0 spiro atoms. The highest BCUT2D eigenvalue weighted by Gasteiger charge is 2.13. The van der Waals surface area contributed by atoms with Gasteiger partial charge in [0.1, 0.15) is 0 Å². The van der Waals surface area contributed by atoms with E-state index >= 15 is 0 Å². The molecule has 0 atom stereocenters. The highest BCUT2D eigenvalue weighted by molar-refractivity contribution is 6.28. The Hall–Kier alpha value is -4.60. The van der Waals surface area contributed by atoms with E-state index in [1.807, 2.05) is 42.5 Å². The van der Waals surface area contributed by atoms with Crippen LogP contribution in [-0.2, 0) is 0 Å². The lowest BCUT2D eigenvalue weighted by atomic mass is 9.96.